The van der Waals surface area contributed by atoms with Crippen molar-refractivity contribution in [3.63, 3.8) is 0 Å². The summed E-state index contributed by atoms with van der Waals surface area (Å²) >= 11 is 9.28. The Bertz CT molecular complexity index is 807. The minimum absolute atomic E-state index is 0.0876. The summed E-state index contributed by atoms with van der Waals surface area (Å²) in [5.41, 5.74) is 0.328. The smallest absolute Gasteiger partial charge is 0.328 e. The molecule has 9 heteroatoms. The van der Waals surface area contributed by atoms with Crippen LogP contribution in [-0.4, -0.2) is 42.7 Å². The lowest BCUT2D eigenvalue weighted by Gasteiger charge is -2.33. The normalized spacial score (nSPS) is 17.0. The number of carbonyl (C=O) groups excluding carboxylic acids is 1. The molecule has 1 aliphatic heterocycles. The van der Waals surface area contributed by atoms with E-state index in [9.17, 15) is 14.7 Å². The number of halogens is 2. The summed E-state index contributed by atoms with van der Waals surface area (Å²) in [7, 11) is 0. The van der Waals surface area contributed by atoms with Crippen molar-refractivity contribution in [2.45, 2.75) is 26.1 Å². The lowest BCUT2D eigenvalue weighted by Crippen LogP contribution is -2.50. The van der Waals surface area contributed by atoms with Crippen LogP contribution < -0.4 is 0 Å². The average Bonchev–Trinajstić information content (AvgIpc) is 2.88. The Hall–Kier alpha value is -1.93. The van der Waals surface area contributed by atoms with Crippen LogP contribution in [0.25, 0.3) is 0 Å². The zero-order valence-electron chi connectivity index (χ0n) is 12.0. The highest BCUT2D eigenvalue weighted by Gasteiger charge is 2.36. The standard InChI is InChI=1S/C14H12BrClN4O3/c1-7-17-18-12-6-20(11(14(22)23)5-19(7)12)13(21)8-2-3-9(15)10(16)4-8/h2-4,11H,5-6H2,1H3,(H,22,23). The summed E-state index contributed by atoms with van der Waals surface area (Å²) in [5.74, 6) is -0.277. The number of aromatic nitrogens is 3. The van der Waals surface area contributed by atoms with Crippen LogP contribution >= 0.6 is 27.5 Å². The molecule has 0 radical (unpaired) electrons. The minimum Gasteiger partial charge on any atom is -0.480 e. The predicted octanol–water partition coefficient (Wildman–Crippen LogP) is 2.11. The number of benzene rings is 1. The van der Waals surface area contributed by atoms with E-state index in [0.29, 0.717) is 26.7 Å². The van der Waals surface area contributed by atoms with Crippen LogP contribution in [-0.2, 0) is 17.9 Å². The third-order valence-corrected chi connectivity index (χ3v) is 5.00. The number of hydrogen-bond acceptors (Lipinski definition) is 4. The molecular formula is C14H12BrClN4O3. The Morgan fingerprint density at radius 3 is 2.78 bits per heavy atom. The number of aliphatic carboxylic acids is 1. The molecule has 0 bridgehead atoms. The van der Waals surface area contributed by atoms with Gasteiger partial charge < -0.3 is 14.6 Å². The number of carboxylic acids is 1. The second-order valence-electron chi connectivity index (χ2n) is 5.19. The maximum atomic E-state index is 12.7. The number of carboxylic acid groups (broad SMARTS) is 1. The van der Waals surface area contributed by atoms with E-state index in [0.717, 1.165) is 0 Å². The number of fused-ring (bicyclic) bond motifs is 1. The first kappa shape index (κ1) is 15.9. The van der Waals surface area contributed by atoms with Gasteiger partial charge in [0, 0.05) is 10.0 Å². The number of hydrogen-bond donors (Lipinski definition) is 1. The lowest BCUT2D eigenvalue weighted by atomic mass is 10.1. The van der Waals surface area contributed by atoms with Gasteiger partial charge >= 0.3 is 5.97 Å². The Balaban J connectivity index is 1.97. The molecule has 0 aliphatic carbocycles. The van der Waals surface area contributed by atoms with E-state index in [1.165, 1.54) is 11.0 Å². The van der Waals surface area contributed by atoms with Gasteiger partial charge in [0.25, 0.3) is 5.91 Å². The monoisotopic (exact) mass is 398 g/mol. The molecule has 2 aromatic rings. The molecule has 1 aromatic heterocycles. The Kier molecular flexibility index (Phi) is 4.11. The zero-order chi connectivity index (χ0) is 16.7. The molecule has 3 rings (SSSR count). The first-order chi connectivity index (χ1) is 10.9. The molecule has 1 aliphatic rings. The molecule has 1 aromatic carbocycles. The van der Waals surface area contributed by atoms with E-state index in [1.807, 2.05) is 0 Å². The molecule has 1 amide bonds. The van der Waals surface area contributed by atoms with E-state index < -0.39 is 17.9 Å². The number of rotatable bonds is 2. The van der Waals surface area contributed by atoms with E-state index in [4.69, 9.17) is 11.6 Å². The summed E-state index contributed by atoms with van der Waals surface area (Å²) in [6.45, 7) is 1.96. The number of aryl methyl sites for hydroxylation is 1. The van der Waals surface area contributed by atoms with Crippen LogP contribution in [0, 0.1) is 6.92 Å². The van der Waals surface area contributed by atoms with Crippen LogP contribution in [0.15, 0.2) is 22.7 Å². The van der Waals surface area contributed by atoms with E-state index >= 15 is 0 Å². The third-order valence-electron chi connectivity index (χ3n) is 3.77. The molecule has 0 saturated heterocycles. The van der Waals surface area contributed by atoms with Gasteiger partial charge in [-0.15, -0.1) is 10.2 Å². The number of amides is 1. The highest BCUT2D eigenvalue weighted by molar-refractivity contribution is 9.10. The molecule has 7 nitrogen and oxygen atoms in total. The van der Waals surface area contributed by atoms with Gasteiger partial charge in [-0.2, -0.15) is 0 Å². The van der Waals surface area contributed by atoms with Crippen LogP contribution in [0.5, 0.6) is 0 Å². The molecular weight excluding hydrogens is 388 g/mol. The van der Waals surface area contributed by atoms with Crippen molar-refractivity contribution >= 4 is 39.4 Å². The van der Waals surface area contributed by atoms with Crippen molar-refractivity contribution in [1.82, 2.24) is 19.7 Å². The maximum Gasteiger partial charge on any atom is 0.328 e. The molecule has 2 heterocycles. The van der Waals surface area contributed by atoms with Gasteiger partial charge in [0.2, 0.25) is 0 Å². The Labute approximate surface area is 145 Å². The third kappa shape index (κ3) is 2.84. The second kappa shape index (κ2) is 5.93. The summed E-state index contributed by atoms with van der Waals surface area (Å²) < 4.78 is 2.39. The van der Waals surface area contributed by atoms with Crippen LogP contribution in [0.4, 0.5) is 0 Å². The van der Waals surface area contributed by atoms with Crippen molar-refractivity contribution in [1.29, 1.82) is 0 Å². The minimum atomic E-state index is -1.07. The highest BCUT2D eigenvalue weighted by atomic mass is 79.9. The van der Waals surface area contributed by atoms with Gasteiger partial charge in [0.15, 0.2) is 5.82 Å². The fourth-order valence-electron chi connectivity index (χ4n) is 2.53. The Morgan fingerprint density at radius 2 is 2.13 bits per heavy atom. The van der Waals surface area contributed by atoms with Crippen LogP contribution in [0.2, 0.25) is 5.02 Å². The summed E-state index contributed by atoms with van der Waals surface area (Å²) in [4.78, 5) is 25.6. The zero-order valence-corrected chi connectivity index (χ0v) is 14.4. The maximum absolute atomic E-state index is 12.7. The van der Waals surface area contributed by atoms with Gasteiger partial charge in [0.05, 0.1) is 18.1 Å². The molecule has 120 valence electrons. The predicted molar refractivity (Wildman–Crippen MR) is 85.2 cm³/mol. The van der Waals surface area contributed by atoms with E-state index in [-0.39, 0.29) is 13.1 Å². The van der Waals surface area contributed by atoms with E-state index in [1.54, 1.807) is 23.6 Å². The molecule has 1 atom stereocenters. The Morgan fingerprint density at radius 1 is 1.39 bits per heavy atom. The topological polar surface area (TPSA) is 88.3 Å². The largest absolute Gasteiger partial charge is 0.480 e. The second-order valence-corrected chi connectivity index (χ2v) is 6.45. The summed E-state index contributed by atoms with van der Waals surface area (Å²) in [5, 5.41) is 17.8. The van der Waals surface area contributed by atoms with E-state index in [2.05, 4.69) is 26.1 Å². The average molecular weight is 400 g/mol. The fourth-order valence-corrected chi connectivity index (χ4v) is 2.96. The van der Waals surface area contributed by atoms with Gasteiger partial charge in [-0.3, -0.25) is 4.79 Å². The lowest BCUT2D eigenvalue weighted by molar-refractivity contribution is -0.143. The van der Waals surface area contributed by atoms with Crippen molar-refractivity contribution in [3.05, 3.63) is 44.9 Å². The van der Waals surface area contributed by atoms with Crippen molar-refractivity contribution < 1.29 is 14.7 Å². The van der Waals surface area contributed by atoms with Gasteiger partial charge in [-0.05, 0) is 41.1 Å². The van der Waals surface area contributed by atoms with Gasteiger partial charge in [0.1, 0.15) is 11.9 Å². The molecule has 1 unspecified atom stereocenters. The van der Waals surface area contributed by atoms with Crippen molar-refractivity contribution in [3.8, 4) is 0 Å². The first-order valence-corrected chi connectivity index (χ1v) is 7.93. The molecule has 23 heavy (non-hydrogen) atoms. The quantitative estimate of drug-likeness (QED) is 0.835. The number of nitrogens with zero attached hydrogens (tertiary/aromatic N) is 4. The molecule has 0 saturated carbocycles. The molecule has 0 spiro atoms. The fraction of sp³-hybridized carbons (Fsp3) is 0.286. The SMILES string of the molecule is Cc1nnc2n1CC(C(=O)O)N(C(=O)c1ccc(Br)c(Cl)c1)C2. The summed E-state index contributed by atoms with van der Waals surface area (Å²) in [6, 6.07) is 3.79. The van der Waals surface area contributed by atoms with Gasteiger partial charge in [-0.1, -0.05) is 11.6 Å². The van der Waals surface area contributed by atoms with Gasteiger partial charge in [-0.25, -0.2) is 4.79 Å². The molecule has 0 fully saturated rings. The summed E-state index contributed by atoms with van der Waals surface area (Å²) in [6.07, 6.45) is 0. The van der Waals surface area contributed by atoms with Crippen LogP contribution in [0.1, 0.15) is 22.0 Å². The first-order valence-electron chi connectivity index (χ1n) is 6.76. The number of carbonyl (C=O) groups is 2. The highest BCUT2D eigenvalue weighted by Crippen LogP contribution is 2.26. The van der Waals surface area contributed by atoms with Crippen molar-refractivity contribution in [2.24, 2.45) is 0 Å². The van der Waals surface area contributed by atoms with Crippen molar-refractivity contribution in [2.75, 3.05) is 0 Å². The molecule has 1 N–H and O–H groups in total. The van der Waals surface area contributed by atoms with Crippen LogP contribution in [0.3, 0.4) is 0 Å².